The van der Waals surface area contributed by atoms with E-state index in [4.69, 9.17) is 5.73 Å². The summed E-state index contributed by atoms with van der Waals surface area (Å²) in [6.45, 7) is 0.260. The van der Waals surface area contributed by atoms with Crippen molar-refractivity contribution in [2.45, 2.75) is 31.7 Å². The van der Waals surface area contributed by atoms with E-state index in [0.29, 0.717) is 17.5 Å². The fourth-order valence-electron chi connectivity index (χ4n) is 3.04. The fourth-order valence-corrected chi connectivity index (χ4v) is 3.04. The molecule has 6 heteroatoms. The molecule has 0 radical (unpaired) electrons. The summed E-state index contributed by atoms with van der Waals surface area (Å²) in [6.07, 6.45) is 7.29. The molecule has 1 fully saturated rings. The minimum atomic E-state index is -0.475. The Morgan fingerprint density at radius 3 is 2.86 bits per heavy atom. The average Bonchev–Trinajstić information content (AvgIpc) is 2.97. The molecule has 2 heterocycles. The standard InChI is InChI=1S/C15H20N4O2/c16-14(21)12-7-18-15-11(5-6-17-15)13(12)19-10-3-1-9(8-20)2-4-10/h5-7,9-10,20H,1-4,8H2,(H2,16,21)(H2,17,18,19). The summed E-state index contributed by atoms with van der Waals surface area (Å²) in [5.74, 6) is -0.0690. The van der Waals surface area contributed by atoms with Gasteiger partial charge in [0.05, 0.1) is 11.3 Å². The number of aliphatic hydroxyl groups excluding tert-OH is 1. The molecule has 0 unspecified atom stereocenters. The van der Waals surface area contributed by atoms with Gasteiger partial charge in [0.25, 0.3) is 5.91 Å². The van der Waals surface area contributed by atoms with Crippen LogP contribution in [0.2, 0.25) is 0 Å². The average molecular weight is 288 g/mol. The number of rotatable bonds is 4. The Kier molecular flexibility index (Phi) is 3.79. The predicted molar refractivity (Wildman–Crippen MR) is 81.1 cm³/mol. The Hall–Kier alpha value is -2.08. The molecule has 0 aliphatic heterocycles. The van der Waals surface area contributed by atoms with E-state index in [1.165, 1.54) is 6.20 Å². The van der Waals surface area contributed by atoms with Crippen LogP contribution in [-0.2, 0) is 0 Å². The Morgan fingerprint density at radius 2 is 2.19 bits per heavy atom. The highest BCUT2D eigenvalue weighted by molar-refractivity contribution is 6.05. The third kappa shape index (κ3) is 2.71. The van der Waals surface area contributed by atoms with E-state index in [-0.39, 0.29) is 6.61 Å². The van der Waals surface area contributed by atoms with Gasteiger partial charge in [0.1, 0.15) is 5.65 Å². The van der Waals surface area contributed by atoms with Crippen molar-refractivity contribution in [3.8, 4) is 0 Å². The van der Waals surface area contributed by atoms with Gasteiger partial charge in [-0.25, -0.2) is 4.98 Å². The lowest BCUT2D eigenvalue weighted by molar-refractivity contribution is 0.100. The number of hydrogen-bond donors (Lipinski definition) is 4. The van der Waals surface area contributed by atoms with Crippen LogP contribution in [0.4, 0.5) is 5.69 Å². The number of aliphatic hydroxyl groups is 1. The number of anilines is 1. The van der Waals surface area contributed by atoms with E-state index in [9.17, 15) is 9.90 Å². The smallest absolute Gasteiger partial charge is 0.252 e. The highest BCUT2D eigenvalue weighted by Gasteiger charge is 2.23. The third-order valence-electron chi connectivity index (χ3n) is 4.31. The molecular formula is C15H20N4O2. The van der Waals surface area contributed by atoms with Gasteiger partial charge < -0.3 is 21.1 Å². The second kappa shape index (κ2) is 5.73. The highest BCUT2D eigenvalue weighted by atomic mass is 16.3. The minimum absolute atomic E-state index is 0.260. The normalized spacial score (nSPS) is 22.3. The molecule has 0 saturated heterocycles. The number of aromatic nitrogens is 2. The molecule has 112 valence electrons. The summed E-state index contributed by atoms with van der Waals surface area (Å²) >= 11 is 0. The predicted octanol–water partition coefficient (Wildman–Crippen LogP) is 1.62. The Morgan fingerprint density at radius 1 is 1.43 bits per heavy atom. The van der Waals surface area contributed by atoms with Crippen molar-refractivity contribution in [2.75, 3.05) is 11.9 Å². The first-order valence-corrected chi connectivity index (χ1v) is 7.32. The van der Waals surface area contributed by atoms with Crippen LogP contribution in [0.3, 0.4) is 0 Å². The number of primary amides is 1. The van der Waals surface area contributed by atoms with Gasteiger partial charge in [-0.05, 0) is 37.7 Å². The number of carbonyl (C=O) groups is 1. The second-order valence-electron chi connectivity index (χ2n) is 5.70. The van der Waals surface area contributed by atoms with Crippen molar-refractivity contribution < 1.29 is 9.90 Å². The molecule has 6 nitrogen and oxygen atoms in total. The number of carbonyl (C=O) groups excluding carboxylic acids is 1. The number of H-pyrrole nitrogens is 1. The zero-order chi connectivity index (χ0) is 14.8. The third-order valence-corrected chi connectivity index (χ3v) is 4.31. The lowest BCUT2D eigenvalue weighted by Crippen LogP contribution is -2.28. The molecule has 5 N–H and O–H groups in total. The summed E-state index contributed by atoms with van der Waals surface area (Å²) in [5, 5.41) is 13.6. The van der Waals surface area contributed by atoms with Crippen molar-refractivity contribution >= 4 is 22.6 Å². The summed E-state index contributed by atoms with van der Waals surface area (Å²) in [7, 11) is 0. The molecule has 0 atom stereocenters. The maximum atomic E-state index is 11.6. The number of aromatic amines is 1. The van der Waals surface area contributed by atoms with Gasteiger partial charge >= 0.3 is 0 Å². The van der Waals surface area contributed by atoms with Gasteiger partial charge in [-0.1, -0.05) is 0 Å². The Bertz CT molecular complexity index is 644. The highest BCUT2D eigenvalue weighted by Crippen LogP contribution is 2.30. The van der Waals surface area contributed by atoms with E-state index >= 15 is 0 Å². The van der Waals surface area contributed by atoms with E-state index in [2.05, 4.69) is 15.3 Å². The zero-order valence-electron chi connectivity index (χ0n) is 11.8. The van der Waals surface area contributed by atoms with Crippen molar-refractivity contribution in [3.63, 3.8) is 0 Å². The van der Waals surface area contributed by atoms with Gasteiger partial charge in [0.2, 0.25) is 0 Å². The molecule has 21 heavy (non-hydrogen) atoms. The SMILES string of the molecule is NC(=O)c1cnc2[nH]ccc2c1NC1CCC(CO)CC1. The van der Waals surface area contributed by atoms with Gasteiger partial charge in [-0.3, -0.25) is 4.79 Å². The topological polar surface area (TPSA) is 104 Å². The number of pyridine rings is 1. The second-order valence-corrected chi connectivity index (χ2v) is 5.70. The van der Waals surface area contributed by atoms with Crippen LogP contribution < -0.4 is 11.1 Å². The summed E-state index contributed by atoms with van der Waals surface area (Å²) in [4.78, 5) is 18.9. The van der Waals surface area contributed by atoms with Crippen molar-refractivity contribution in [3.05, 3.63) is 24.0 Å². The number of nitrogens with zero attached hydrogens (tertiary/aromatic N) is 1. The maximum absolute atomic E-state index is 11.6. The van der Waals surface area contributed by atoms with E-state index in [1.807, 2.05) is 6.07 Å². The van der Waals surface area contributed by atoms with E-state index in [0.717, 1.165) is 42.4 Å². The van der Waals surface area contributed by atoms with E-state index in [1.54, 1.807) is 6.20 Å². The quantitative estimate of drug-likeness (QED) is 0.686. The van der Waals surface area contributed by atoms with Crippen LogP contribution in [0.1, 0.15) is 36.0 Å². The van der Waals surface area contributed by atoms with Crippen molar-refractivity contribution in [1.82, 2.24) is 9.97 Å². The molecule has 1 amide bonds. The lowest BCUT2D eigenvalue weighted by atomic mass is 9.86. The fraction of sp³-hybridized carbons (Fsp3) is 0.467. The first-order valence-electron chi connectivity index (χ1n) is 7.32. The summed E-state index contributed by atoms with van der Waals surface area (Å²) in [6, 6.07) is 2.20. The lowest BCUT2D eigenvalue weighted by Gasteiger charge is -2.29. The van der Waals surface area contributed by atoms with E-state index < -0.39 is 5.91 Å². The molecule has 2 aromatic heterocycles. The number of fused-ring (bicyclic) bond motifs is 1. The van der Waals surface area contributed by atoms with Crippen LogP contribution in [0, 0.1) is 5.92 Å². The monoisotopic (exact) mass is 288 g/mol. The largest absolute Gasteiger partial charge is 0.396 e. The van der Waals surface area contributed by atoms with Gasteiger partial charge in [0, 0.05) is 30.4 Å². The van der Waals surface area contributed by atoms with Gasteiger partial charge in [0.15, 0.2) is 0 Å². The minimum Gasteiger partial charge on any atom is -0.396 e. The Labute approximate surface area is 122 Å². The molecule has 1 saturated carbocycles. The maximum Gasteiger partial charge on any atom is 0.252 e. The number of nitrogens with one attached hydrogen (secondary N) is 2. The number of hydrogen-bond acceptors (Lipinski definition) is 4. The zero-order valence-corrected chi connectivity index (χ0v) is 11.8. The molecule has 0 bridgehead atoms. The molecule has 0 spiro atoms. The van der Waals surface area contributed by atoms with Crippen LogP contribution in [-0.4, -0.2) is 33.6 Å². The van der Waals surface area contributed by atoms with Crippen LogP contribution in [0.5, 0.6) is 0 Å². The molecule has 0 aromatic carbocycles. The summed E-state index contributed by atoms with van der Waals surface area (Å²) < 4.78 is 0. The van der Waals surface area contributed by atoms with Gasteiger partial charge in [-0.2, -0.15) is 0 Å². The van der Waals surface area contributed by atoms with Crippen molar-refractivity contribution in [2.24, 2.45) is 11.7 Å². The molecule has 3 rings (SSSR count). The number of amides is 1. The van der Waals surface area contributed by atoms with Crippen molar-refractivity contribution in [1.29, 1.82) is 0 Å². The van der Waals surface area contributed by atoms with Crippen LogP contribution in [0.25, 0.3) is 11.0 Å². The molecular weight excluding hydrogens is 268 g/mol. The molecule has 1 aliphatic rings. The first-order chi connectivity index (χ1) is 10.2. The number of nitrogens with two attached hydrogens (primary N) is 1. The van der Waals surface area contributed by atoms with Crippen LogP contribution in [0.15, 0.2) is 18.5 Å². The van der Waals surface area contributed by atoms with Gasteiger partial charge in [-0.15, -0.1) is 0 Å². The molecule has 2 aromatic rings. The Balaban J connectivity index is 1.87. The van der Waals surface area contributed by atoms with Crippen LogP contribution >= 0.6 is 0 Å². The summed E-state index contributed by atoms with van der Waals surface area (Å²) in [5.41, 5.74) is 7.39. The molecule has 1 aliphatic carbocycles. The first kappa shape index (κ1) is 13.9.